The molecule has 0 unspecified atom stereocenters. The van der Waals surface area contributed by atoms with Crippen molar-refractivity contribution in [1.29, 1.82) is 0 Å². The summed E-state index contributed by atoms with van der Waals surface area (Å²) in [5, 5.41) is 12.5. The molecule has 2 aromatic rings. The molecule has 0 bridgehead atoms. The van der Waals surface area contributed by atoms with Crippen molar-refractivity contribution < 1.29 is 14.7 Å². The number of nitrogens with one attached hydrogen (secondary N) is 1. The first-order chi connectivity index (χ1) is 10.7. The number of hydrogen-bond acceptors (Lipinski definition) is 4. The highest BCUT2D eigenvalue weighted by molar-refractivity contribution is 9.10. The van der Waals surface area contributed by atoms with Gasteiger partial charge >= 0.3 is 5.97 Å². The van der Waals surface area contributed by atoms with E-state index >= 15 is 0 Å². The van der Waals surface area contributed by atoms with E-state index in [9.17, 15) is 9.59 Å². The zero-order valence-corrected chi connectivity index (χ0v) is 15.5. The van der Waals surface area contributed by atoms with Crippen LogP contribution in [-0.2, 0) is 16.0 Å². The maximum atomic E-state index is 12.1. The molecule has 0 aliphatic rings. The number of aromatic nitrogens is 1. The number of carboxylic acids is 1. The van der Waals surface area contributed by atoms with Crippen LogP contribution in [0.25, 0.3) is 10.2 Å². The fraction of sp³-hybridized carbons (Fsp3) is 0.438. The SMILES string of the molecule is CC(C)(CCC(=O)O)NC(=O)CCc1nc2cc(Br)ccc2s1. The molecular formula is C16H19BrN2O3S. The Bertz CT molecular complexity index is 727. The van der Waals surface area contributed by atoms with Gasteiger partial charge in [0.05, 0.1) is 15.2 Å². The number of hydrogen-bond donors (Lipinski definition) is 2. The lowest BCUT2D eigenvalue weighted by atomic mass is 9.98. The number of fused-ring (bicyclic) bond motifs is 1. The number of halogens is 1. The van der Waals surface area contributed by atoms with Crippen LogP contribution in [0.5, 0.6) is 0 Å². The Morgan fingerprint density at radius 3 is 2.78 bits per heavy atom. The van der Waals surface area contributed by atoms with Crippen LogP contribution < -0.4 is 5.32 Å². The molecular weight excluding hydrogens is 380 g/mol. The second-order valence-corrected chi connectivity index (χ2v) is 8.08. The third kappa shape index (κ3) is 5.58. The summed E-state index contributed by atoms with van der Waals surface area (Å²) in [5.41, 5.74) is 0.412. The highest BCUT2D eigenvalue weighted by atomic mass is 79.9. The third-order valence-corrected chi connectivity index (χ3v) is 4.99. The predicted molar refractivity (Wildman–Crippen MR) is 94.7 cm³/mol. The van der Waals surface area contributed by atoms with E-state index in [4.69, 9.17) is 5.11 Å². The summed E-state index contributed by atoms with van der Waals surface area (Å²) in [6.07, 6.45) is 1.37. The van der Waals surface area contributed by atoms with Crippen molar-refractivity contribution in [2.45, 2.75) is 45.1 Å². The summed E-state index contributed by atoms with van der Waals surface area (Å²) in [6, 6.07) is 5.95. The predicted octanol–water partition coefficient (Wildman–Crippen LogP) is 3.75. The summed E-state index contributed by atoms with van der Waals surface area (Å²) in [4.78, 5) is 27.2. The molecule has 7 heteroatoms. The van der Waals surface area contributed by atoms with E-state index in [1.54, 1.807) is 11.3 Å². The van der Waals surface area contributed by atoms with E-state index in [2.05, 4.69) is 26.2 Å². The average Bonchev–Trinajstić information content (AvgIpc) is 2.84. The largest absolute Gasteiger partial charge is 0.481 e. The van der Waals surface area contributed by atoms with Crippen LogP contribution in [0.2, 0.25) is 0 Å². The average molecular weight is 399 g/mol. The van der Waals surface area contributed by atoms with Gasteiger partial charge in [-0.15, -0.1) is 11.3 Å². The molecule has 5 nitrogen and oxygen atoms in total. The molecule has 0 aliphatic carbocycles. The van der Waals surface area contributed by atoms with Crippen LogP contribution in [0.4, 0.5) is 0 Å². The minimum absolute atomic E-state index is 0.0417. The summed E-state index contributed by atoms with van der Waals surface area (Å²) in [5.74, 6) is -0.936. The molecule has 2 rings (SSSR count). The number of carboxylic acid groups (broad SMARTS) is 1. The van der Waals surface area contributed by atoms with Crippen molar-refractivity contribution in [1.82, 2.24) is 10.3 Å². The van der Waals surface area contributed by atoms with Gasteiger partial charge in [-0.3, -0.25) is 9.59 Å². The number of carbonyl (C=O) groups excluding carboxylic acids is 1. The van der Waals surface area contributed by atoms with Gasteiger partial charge in [0, 0.05) is 29.3 Å². The van der Waals surface area contributed by atoms with Crippen LogP contribution in [0.1, 0.15) is 38.1 Å². The van der Waals surface area contributed by atoms with Gasteiger partial charge in [0.25, 0.3) is 0 Å². The highest BCUT2D eigenvalue weighted by Crippen LogP contribution is 2.25. The third-order valence-electron chi connectivity index (χ3n) is 3.40. The maximum Gasteiger partial charge on any atom is 0.303 e. The normalized spacial score (nSPS) is 11.6. The van der Waals surface area contributed by atoms with Crippen LogP contribution in [0.15, 0.2) is 22.7 Å². The Kier molecular flexibility index (Phi) is 5.75. The zero-order chi connectivity index (χ0) is 17.0. The molecule has 0 spiro atoms. The number of carbonyl (C=O) groups is 2. The van der Waals surface area contributed by atoms with Crippen molar-refractivity contribution in [3.63, 3.8) is 0 Å². The van der Waals surface area contributed by atoms with Crippen molar-refractivity contribution in [3.8, 4) is 0 Å². The van der Waals surface area contributed by atoms with Gasteiger partial charge < -0.3 is 10.4 Å². The van der Waals surface area contributed by atoms with Gasteiger partial charge in [0.1, 0.15) is 0 Å². The van der Waals surface area contributed by atoms with Crippen molar-refractivity contribution in [3.05, 3.63) is 27.7 Å². The van der Waals surface area contributed by atoms with Crippen molar-refractivity contribution >= 4 is 49.4 Å². The van der Waals surface area contributed by atoms with E-state index in [0.29, 0.717) is 19.3 Å². The first-order valence-electron chi connectivity index (χ1n) is 7.33. The second kappa shape index (κ2) is 7.40. The number of thiazole rings is 1. The van der Waals surface area contributed by atoms with Crippen molar-refractivity contribution in [2.75, 3.05) is 0 Å². The minimum atomic E-state index is -0.854. The number of amides is 1. The first-order valence-corrected chi connectivity index (χ1v) is 8.94. The van der Waals surface area contributed by atoms with Gasteiger partial charge in [-0.1, -0.05) is 15.9 Å². The Balaban J connectivity index is 1.88. The molecule has 1 amide bonds. The van der Waals surface area contributed by atoms with Gasteiger partial charge in [-0.2, -0.15) is 0 Å². The van der Waals surface area contributed by atoms with Gasteiger partial charge in [-0.05, 0) is 38.5 Å². The number of rotatable bonds is 7. The number of nitrogens with zero attached hydrogens (tertiary/aromatic N) is 1. The van der Waals surface area contributed by atoms with E-state index in [0.717, 1.165) is 19.7 Å². The van der Waals surface area contributed by atoms with Crippen LogP contribution >= 0.6 is 27.3 Å². The fourth-order valence-electron chi connectivity index (χ4n) is 2.20. The fourth-order valence-corrected chi connectivity index (χ4v) is 3.49. The van der Waals surface area contributed by atoms with Crippen LogP contribution in [-0.4, -0.2) is 27.5 Å². The molecule has 1 heterocycles. The summed E-state index contributed by atoms with van der Waals surface area (Å²) >= 11 is 5.01. The van der Waals surface area contributed by atoms with E-state index in [1.165, 1.54) is 0 Å². The standard InChI is InChI=1S/C16H19BrN2O3S/c1-16(2,8-7-15(21)22)19-13(20)5-6-14-18-11-9-10(17)3-4-12(11)23-14/h3-4,9H,5-8H2,1-2H3,(H,19,20)(H,21,22). The Morgan fingerprint density at radius 2 is 2.09 bits per heavy atom. The maximum absolute atomic E-state index is 12.1. The molecule has 0 radical (unpaired) electrons. The highest BCUT2D eigenvalue weighted by Gasteiger charge is 2.21. The molecule has 0 fully saturated rings. The minimum Gasteiger partial charge on any atom is -0.481 e. The molecule has 1 aromatic heterocycles. The molecule has 0 saturated heterocycles. The van der Waals surface area contributed by atoms with E-state index < -0.39 is 11.5 Å². The van der Waals surface area contributed by atoms with Crippen LogP contribution in [0.3, 0.4) is 0 Å². The van der Waals surface area contributed by atoms with Gasteiger partial charge in [0.15, 0.2) is 0 Å². The molecule has 0 saturated carbocycles. The Hall–Kier alpha value is -1.47. The summed E-state index contributed by atoms with van der Waals surface area (Å²) in [7, 11) is 0. The van der Waals surface area contributed by atoms with Gasteiger partial charge in [-0.25, -0.2) is 4.98 Å². The lowest BCUT2D eigenvalue weighted by molar-refractivity contribution is -0.137. The summed E-state index contributed by atoms with van der Waals surface area (Å²) < 4.78 is 2.09. The van der Waals surface area contributed by atoms with Gasteiger partial charge in [0.2, 0.25) is 5.91 Å². The molecule has 1 aromatic carbocycles. The molecule has 2 N–H and O–H groups in total. The number of benzene rings is 1. The van der Waals surface area contributed by atoms with Crippen molar-refractivity contribution in [2.24, 2.45) is 0 Å². The molecule has 23 heavy (non-hydrogen) atoms. The zero-order valence-electron chi connectivity index (χ0n) is 13.1. The molecule has 0 atom stereocenters. The number of aryl methyl sites for hydroxylation is 1. The molecule has 0 aliphatic heterocycles. The smallest absolute Gasteiger partial charge is 0.303 e. The van der Waals surface area contributed by atoms with E-state index in [-0.39, 0.29) is 12.3 Å². The Labute approximate surface area is 147 Å². The first kappa shape index (κ1) is 17.9. The quantitative estimate of drug-likeness (QED) is 0.743. The lowest BCUT2D eigenvalue weighted by Gasteiger charge is -2.25. The topological polar surface area (TPSA) is 79.3 Å². The lowest BCUT2D eigenvalue weighted by Crippen LogP contribution is -2.43. The molecule has 124 valence electrons. The van der Waals surface area contributed by atoms with Crippen LogP contribution in [0, 0.1) is 0 Å². The summed E-state index contributed by atoms with van der Waals surface area (Å²) in [6.45, 7) is 3.67. The van der Waals surface area contributed by atoms with E-state index in [1.807, 2.05) is 32.0 Å². The number of aliphatic carboxylic acids is 1. The second-order valence-electron chi connectivity index (χ2n) is 6.05. The Morgan fingerprint density at radius 1 is 1.35 bits per heavy atom. The monoisotopic (exact) mass is 398 g/mol.